The minimum Gasteiger partial charge on any atom is -0.399 e. The van der Waals surface area contributed by atoms with Crippen LogP contribution in [0.15, 0.2) is 36.4 Å². The third-order valence-electron chi connectivity index (χ3n) is 5.87. The van der Waals surface area contributed by atoms with Crippen molar-refractivity contribution >= 4 is 23.6 Å². The number of hydrogen-bond acceptors (Lipinski definition) is 3. The van der Waals surface area contributed by atoms with E-state index in [0.29, 0.717) is 16.9 Å². The molecule has 0 radical (unpaired) electrons. The Labute approximate surface area is 167 Å². The number of aryl methyl sites for hydroxylation is 1. The predicted octanol–water partition coefficient (Wildman–Crippen LogP) is 4.86. The van der Waals surface area contributed by atoms with Crippen molar-refractivity contribution in [3.05, 3.63) is 47.5 Å². The van der Waals surface area contributed by atoms with Crippen molar-refractivity contribution in [1.29, 1.82) is 0 Å². The molecule has 152 valence electrons. The Morgan fingerprint density at radius 1 is 0.966 bits per heavy atom. The lowest BCUT2D eigenvalue weighted by molar-refractivity contribution is -0.137. The molecule has 0 amide bonds. The van der Waals surface area contributed by atoms with Gasteiger partial charge in [0.05, 0.1) is 27.8 Å². The molecular weight excluding hydrogens is 380 g/mol. The molecule has 0 bridgehead atoms. The Morgan fingerprint density at radius 2 is 1.62 bits per heavy atom. The number of hydrogen-bond donors (Lipinski definition) is 1. The van der Waals surface area contributed by atoms with Crippen LogP contribution in [0.4, 0.5) is 13.2 Å². The minimum absolute atomic E-state index is 0.340. The number of aromatic nitrogens is 2. The molecule has 1 fully saturated rings. The molecule has 3 aromatic rings. The number of alkyl halides is 3. The molecule has 1 aromatic heterocycles. The summed E-state index contributed by atoms with van der Waals surface area (Å²) in [5.41, 5.74) is 1.81. The average Bonchev–Trinajstić information content (AvgIpc) is 3.12. The third kappa shape index (κ3) is 3.44. The minimum atomic E-state index is -4.40. The van der Waals surface area contributed by atoms with Gasteiger partial charge in [0.15, 0.2) is 0 Å². The van der Waals surface area contributed by atoms with E-state index in [-0.39, 0.29) is 0 Å². The molecule has 1 N–H and O–H groups in total. The smallest absolute Gasteiger partial charge is 0.399 e. The maximum atomic E-state index is 13.0. The number of aromatic amines is 1. The van der Waals surface area contributed by atoms with E-state index >= 15 is 0 Å². The van der Waals surface area contributed by atoms with Gasteiger partial charge in [-0.1, -0.05) is 23.8 Å². The van der Waals surface area contributed by atoms with Crippen LogP contribution in [0, 0.1) is 6.92 Å². The fourth-order valence-electron chi connectivity index (χ4n) is 3.33. The fourth-order valence-corrected chi connectivity index (χ4v) is 3.33. The van der Waals surface area contributed by atoms with Gasteiger partial charge in [0.2, 0.25) is 0 Å². The normalized spacial score (nSPS) is 18.6. The van der Waals surface area contributed by atoms with Gasteiger partial charge in [0, 0.05) is 5.56 Å². The van der Waals surface area contributed by atoms with Crippen LogP contribution in [-0.4, -0.2) is 28.3 Å². The van der Waals surface area contributed by atoms with Crippen LogP contribution in [0.3, 0.4) is 0 Å². The molecule has 2 heterocycles. The second-order valence-electron chi connectivity index (χ2n) is 8.47. The molecule has 1 aliphatic rings. The Kier molecular flexibility index (Phi) is 4.37. The van der Waals surface area contributed by atoms with Gasteiger partial charge in [0.25, 0.3) is 0 Å². The monoisotopic (exact) mass is 402 g/mol. The number of nitrogens with one attached hydrogen (secondary N) is 1. The van der Waals surface area contributed by atoms with Gasteiger partial charge >= 0.3 is 13.3 Å². The number of H-pyrrole nitrogens is 1. The van der Waals surface area contributed by atoms with Crippen molar-refractivity contribution in [3.63, 3.8) is 0 Å². The topological polar surface area (TPSA) is 47.1 Å². The van der Waals surface area contributed by atoms with E-state index in [2.05, 4.69) is 9.97 Å². The second kappa shape index (κ2) is 6.34. The predicted molar refractivity (Wildman–Crippen MR) is 107 cm³/mol. The van der Waals surface area contributed by atoms with Crippen LogP contribution >= 0.6 is 0 Å². The summed E-state index contributed by atoms with van der Waals surface area (Å²) in [5, 5.41) is 0. The highest BCUT2D eigenvalue weighted by Crippen LogP contribution is 2.37. The van der Waals surface area contributed by atoms with Gasteiger partial charge < -0.3 is 14.3 Å². The summed E-state index contributed by atoms with van der Waals surface area (Å²) < 4.78 is 51.2. The van der Waals surface area contributed by atoms with E-state index in [4.69, 9.17) is 9.31 Å². The van der Waals surface area contributed by atoms with Crippen molar-refractivity contribution < 1.29 is 22.5 Å². The molecule has 0 saturated carbocycles. The summed E-state index contributed by atoms with van der Waals surface area (Å²) in [6.45, 7) is 9.93. The summed E-state index contributed by atoms with van der Waals surface area (Å²) in [4.78, 5) is 7.46. The Bertz CT molecular complexity index is 1070. The van der Waals surface area contributed by atoms with Crippen molar-refractivity contribution in [2.45, 2.75) is 52.0 Å². The first-order valence-electron chi connectivity index (χ1n) is 9.41. The molecule has 1 saturated heterocycles. The molecule has 4 rings (SSSR count). The van der Waals surface area contributed by atoms with Crippen molar-refractivity contribution in [3.8, 4) is 11.4 Å². The van der Waals surface area contributed by atoms with Crippen LogP contribution < -0.4 is 5.46 Å². The van der Waals surface area contributed by atoms with Crippen LogP contribution in [0.5, 0.6) is 0 Å². The highest BCUT2D eigenvalue weighted by atomic mass is 19.4. The number of imidazole rings is 1. The zero-order valence-corrected chi connectivity index (χ0v) is 16.9. The van der Waals surface area contributed by atoms with Gasteiger partial charge in [-0.05, 0) is 58.3 Å². The first-order chi connectivity index (χ1) is 13.4. The third-order valence-corrected chi connectivity index (χ3v) is 5.87. The Morgan fingerprint density at radius 3 is 2.24 bits per heavy atom. The number of rotatable bonds is 2. The van der Waals surface area contributed by atoms with E-state index in [9.17, 15) is 13.2 Å². The Balaban J connectivity index is 1.73. The van der Waals surface area contributed by atoms with E-state index in [1.54, 1.807) is 0 Å². The molecule has 0 spiro atoms. The van der Waals surface area contributed by atoms with Gasteiger partial charge in [-0.3, -0.25) is 0 Å². The first-order valence-corrected chi connectivity index (χ1v) is 9.41. The summed E-state index contributed by atoms with van der Waals surface area (Å²) >= 11 is 0. The molecule has 2 aromatic carbocycles. The zero-order valence-electron chi connectivity index (χ0n) is 16.9. The van der Waals surface area contributed by atoms with Crippen molar-refractivity contribution in [1.82, 2.24) is 9.97 Å². The first kappa shape index (κ1) is 20.0. The largest absolute Gasteiger partial charge is 0.495 e. The number of benzene rings is 2. The van der Waals surface area contributed by atoms with E-state index in [1.165, 1.54) is 6.07 Å². The highest BCUT2D eigenvalue weighted by Gasteiger charge is 2.52. The standard InChI is InChI=1S/C21H22BF3N2O2/c1-12-6-7-13(10-15(12)22-28-19(2,3)20(4,5)29-22)18-26-16-9-8-14(21(23,24)25)11-17(16)27-18/h6-11H,1-5H3,(H,26,27). The van der Waals surface area contributed by atoms with Gasteiger partial charge in [-0.15, -0.1) is 0 Å². The molecule has 1 aliphatic heterocycles. The van der Waals surface area contributed by atoms with Crippen LogP contribution in [0.25, 0.3) is 22.4 Å². The molecule has 4 nitrogen and oxygen atoms in total. The summed E-state index contributed by atoms with van der Waals surface area (Å²) in [6, 6.07) is 9.23. The molecule has 0 atom stereocenters. The summed E-state index contributed by atoms with van der Waals surface area (Å²) in [7, 11) is -0.527. The number of halogens is 3. The van der Waals surface area contributed by atoms with E-state index < -0.39 is 30.1 Å². The lowest BCUT2D eigenvalue weighted by atomic mass is 9.75. The van der Waals surface area contributed by atoms with Crippen LogP contribution in [0.1, 0.15) is 38.8 Å². The molecular formula is C21H22BF3N2O2. The highest BCUT2D eigenvalue weighted by molar-refractivity contribution is 6.62. The average molecular weight is 402 g/mol. The quantitative estimate of drug-likeness (QED) is 0.623. The molecule has 29 heavy (non-hydrogen) atoms. The lowest BCUT2D eigenvalue weighted by Crippen LogP contribution is -2.41. The van der Waals surface area contributed by atoms with Gasteiger partial charge in [-0.25, -0.2) is 4.98 Å². The molecule has 8 heteroatoms. The fraction of sp³-hybridized carbons (Fsp3) is 0.381. The number of nitrogens with zero attached hydrogens (tertiary/aromatic N) is 1. The second-order valence-corrected chi connectivity index (χ2v) is 8.47. The lowest BCUT2D eigenvalue weighted by Gasteiger charge is -2.32. The van der Waals surface area contributed by atoms with Gasteiger partial charge in [0.1, 0.15) is 5.82 Å². The Hall–Kier alpha value is -2.32. The molecule has 0 aliphatic carbocycles. The molecule has 0 unspecified atom stereocenters. The SMILES string of the molecule is Cc1ccc(-c2nc3ccc(C(F)(F)F)cc3[nH]2)cc1B1OC(C)(C)C(C)(C)O1. The maximum Gasteiger partial charge on any atom is 0.495 e. The van der Waals surface area contributed by atoms with E-state index in [1.807, 2.05) is 52.8 Å². The van der Waals surface area contributed by atoms with Crippen LogP contribution in [-0.2, 0) is 15.5 Å². The van der Waals surface area contributed by atoms with Crippen LogP contribution in [0.2, 0.25) is 0 Å². The van der Waals surface area contributed by atoms with Crippen molar-refractivity contribution in [2.75, 3.05) is 0 Å². The summed E-state index contributed by atoms with van der Waals surface area (Å²) in [5.74, 6) is 0.497. The summed E-state index contributed by atoms with van der Waals surface area (Å²) in [6.07, 6.45) is -4.40. The maximum absolute atomic E-state index is 13.0. The van der Waals surface area contributed by atoms with Crippen molar-refractivity contribution in [2.24, 2.45) is 0 Å². The van der Waals surface area contributed by atoms with E-state index in [0.717, 1.165) is 28.7 Å². The van der Waals surface area contributed by atoms with Gasteiger partial charge in [-0.2, -0.15) is 13.2 Å². The number of fused-ring (bicyclic) bond motifs is 1. The zero-order chi connectivity index (χ0) is 21.2.